The second-order valence-corrected chi connectivity index (χ2v) is 5.04. The quantitative estimate of drug-likeness (QED) is 0.781. The number of benzene rings is 1. The van der Waals surface area contributed by atoms with Crippen LogP contribution in [0.25, 0.3) is 0 Å². The average molecular weight is 249 g/mol. The first-order chi connectivity index (χ1) is 8.63. The molecule has 0 bridgehead atoms. The maximum Gasteiger partial charge on any atom is 0.254 e. The lowest BCUT2D eigenvalue weighted by molar-refractivity contribution is 0.0740. The third-order valence-corrected chi connectivity index (χ3v) is 3.42. The molecule has 1 fully saturated rings. The smallest absolute Gasteiger partial charge is 0.254 e. The van der Waals surface area contributed by atoms with Gasteiger partial charge in [0, 0.05) is 18.2 Å². The summed E-state index contributed by atoms with van der Waals surface area (Å²) in [4.78, 5) is 14.4. The molecule has 0 radical (unpaired) electrons. The minimum absolute atomic E-state index is 0.0588. The van der Waals surface area contributed by atoms with Crippen LogP contribution in [-0.4, -0.2) is 23.4 Å². The van der Waals surface area contributed by atoms with Crippen molar-refractivity contribution in [3.8, 4) is 0 Å². The van der Waals surface area contributed by atoms with Crippen molar-refractivity contribution in [2.75, 3.05) is 6.54 Å². The molecule has 0 aromatic heterocycles. The van der Waals surface area contributed by atoms with Gasteiger partial charge in [-0.3, -0.25) is 4.79 Å². The molecule has 2 nitrogen and oxygen atoms in total. The fourth-order valence-electron chi connectivity index (χ4n) is 2.19. The number of halogens is 1. The van der Waals surface area contributed by atoms with E-state index in [2.05, 4.69) is 6.92 Å². The summed E-state index contributed by atoms with van der Waals surface area (Å²) in [6.45, 7) is 4.73. The number of nitrogens with zero attached hydrogens (tertiary/aromatic N) is 1. The molecule has 0 atom stereocenters. The number of amides is 1. The van der Waals surface area contributed by atoms with Crippen molar-refractivity contribution < 1.29 is 9.18 Å². The number of carbonyl (C=O) groups is 1. The van der Waals surface area contributed by atoms with Crippen LogP contribution < -0.4 is 0 Å². The van der Waals surface area contributed by atoms with Gasteiger partial charge in [0.25, 0.3) is 5.91 Å². The first-order valence-electron chi connectivity index (χ1n) is 6.70. The summed E-state index contributed by atoms with van der Waals surface area (Å²) < 4.78 is 13.1. The predicted octanol–water partition coefficient (Wildman–Crippen LogP) is 3.54. The zero-order valence-corrected chi connectivity index (χ0v) is 11.1. The Morgan fingerprint density at radius 1 is 1.44 bits per heavy atom. The second kappa shape index (κ2) is 5.51. The highest BCUT2D eigenvalue weighted by atomic mass is 19.1. The Labute approximate surface area is 108 Å². The molecular weight excluding hydrogens is 229 g/mol. The van der Waals surface area contributed by atoms with Crippen molar-refractivity contribution in [2.45, 2.75) is 45.6 Å². The third kappa shape index (κ3) is 2.89. The maximum atomic E-state index is 13.1. The molecule has 0 aliphatic heterocycles. The van der Waals surface area contributed by atoms with E-state index in [1.54, 1.807) is 13.0 Å². The van der Waals surface area contributed by atoms with Crippen LogP contribution in [0.1, 0.15) is 48.5 Å². The largest absolute Gasteiger partial charge is 0.336 e. The lowest BCUT2D eigenvalue weighted by atomic mass is 10.1. The van der Waals surface area contributed by atoms with E-state index in [0.717, 1.165) is 37.8 Å². The molecule has 18 heavy (non-hydrogen) atoms. The van der Waals surface area contributed by atoms with E-state index in [9.17, 15) is 9.18 Å². The van der Waals surface area contributed by atoms with Gasteiger partial charge in [-0.2, -0.15) is 0 Å². The van der Waals surface area contributed by atoms with Gasteiger partial charge < -0.3 is 4.90 Å². The average Bonchev–Trinajstić information content (AvgIpc) is 3.13. The molecule has 1 aromatic rings. The first-order valence-corrected chi connectivity index (χ1v) is 6.70. The molecule has 0 N–H and O–H groups in total. The fraction of sp³-hybridized carbons (Fsp3) is 0.533. The third-order valence-electron chi connectivity index (χ3n) is 3.42. The molecule has 1 aromatic carbocycles. The lowest BCUT2D eigenvalue weighted by Crippen LogP contribution is -2.34. The monoisotopic (exact) mass is 249 g/mol. The second-order valence-electron chi connectivity index (χ2n) is 5.04. The van der Waals surface area contributed by atoms with Crippen LogP contribution in [0.5, 0.6) is 0 Å². The van der Waals surface area contributed by atoms with Crippen molar-refractivity contribution in [2.24, 2.45) is 0 Å². The standard InChI is InChI=1S/C15H20FNO/c1-3-4-9-17(13-6-7-13)15(18)14-8-5-12(16)10-11(14)2/h5,8,10,13H,3-4,6-7,9H2,1-2H3. The molecule has 0 heterocycles. The van der Waals surface area contributed by atoms with Crippen LogP contribution in [0, 0.1) is 12.7 Å². The first kappa shape index (κ1) is 13.1. The van der Waals surface area contributed by atoms with E-state index in [4.69, 9.17) is 0 Å². The maximum absolute atomic E-state index is 13.1. The Balaban J connectivity index is 2.16. The normalized spacial score (nSPS) is 14.6. The highest BCUT2D eigenvalue weighted by Gasteiger charge is 2.32. The van der Waals surface area contributed by atoms with Gasteiger partial charge in [-0.15, -0.1) is 0 Å². The lowest BCUT2D eigenvalue weighted by Gasteiger charge is -2.23. The fourth-order valence-corrected chi connectivity index (χ4v) is 2.19. The van der Waals surface area contributed by atoms with Crippen LogP contribution >= 0.6 is 0 Å². The minimum atomic E-state index is -0.282. The molecule has 1 aliphatic carbocycles. The Morgan fingerprint density at radius 2 is 2.17 bits per heavy atom. The summed E-state index contributed by atoms with van der Waals surface area (Å²) in [5.41, 5.74) is 1.36. The Kier molecular flexibility index (Phi) is 4.00. The zero-order valence-electron chi connectivity index (χ0n) is 11.1. The minimum Gasteiger partial charge on any atom is -0.336 e. The van der Waals surface area contributed by atoms with Crippen LogP contribution in [0.2, 0.25) is 0 Å². The zero-order chi connectivity index (χ0) is 13.1. The van der Waals surface area contributed by atoms with Crippen LogP contribution in [-0.2, 0) is 0 Å². The van der Waals surface area contributed by atoms with Gasteiger partial charge in [0.2, 0.25) is 0 Å². The van der Waals surface area contributed by atoms with Gasteiger partial charge in [-0.05, 0) is 49.9 Å². The van der Waals surface area contributed by atoms with Crippen LogP contribution in [0.3, 0.4) is 0 Å². The molecule has 1 saturated carbocycles. The summed E-state index contributed by atoms with van der Waals surface area (Å²) in [6, 6.07) is 4.81. The van der Waals surface area contributed by atoms with E-state index < -0.39 is 0 Å². The molecule has 98 valence electrons. The Morgan fingerprint density at radius 3 is 2.72 bits per heavy atom. The van der Waals surface area contributed by atoms with Crippen molar-refractivity contribution in [1.29, 1.82) is 0 Å². The van der Waals surface area contributed by atoms with E-state index in [1.165, 1.54) is 12.1 Å². The molecule has 0 saturated heterocycles. The van der Waals surface area contributed by atoms with E-state index in [0.29, 0.717) is 11.6 Å². The number of rotatable bonds is 5. The predicted molar refractivity (Wildman–Crippen MR) is 70.1 cm³/mol. The van der Waals surface area contributed by atoms with E-state index >= 15 is 0 Å². The van der Waals surface area contributed by atoms with Crippen molar-refractivity contribution in [3.63, 3.8) is 0 Å². The molecule has 1 amide bonds. The number of carbonyl (C=O) groups excluding carboxylic acids is 1. The molecule has 2 rings (SSSR count). The van der Waals surface area contributed by atoms with Crippen LogP contribution in [0.4, 0.5) is 4.39 Å². The van der Waals surface area contributed by atoms with Gasteiger partial charge >= 0.3 is 0 Å². The molecule has 0 unspecified atom stereocenters. The Bertz CT molecular complexity index is 440. The topological polar surface area (TPSA) is 20.3 Å². The summed E-state index contributed by atoms with van der Waals surface area (Å²) in [6.07, 6.45) is 4.33. The van der Waals surface area contributed by atoms with Gasteiger partial charge in [-0.25, -0.2) is 4.39 Å². The SMILES string of the molecule is CCCCN(C(=O)c1ccc(F)cc1C)C1CC1. The van der Waals surface area contributed by atoms with Gasteiger partial charge in [-0.1, -0.05) is 13.3 Å². The van der Waals surface area contributed by atoms with Gasteiger partial charge in [0.05, 0.1) is 0 Å². The van der Waals surface area contributed by atoms with Crippen molar-refractivity contribution in [3.05, 3.63) is 35.1 Å². The number of aryl methyl sites for hydroxylation is 1. The van der Waals surface area contributed by atoms with E-state index in [1.807, 2.05) is 4.90 Å². The molecule has 3 heteroatoms. The summed E-state index contributed by atoms with van der Waals surface area (Å²) in [5, 5.41) is 0. The molecule has 1 aliphatic rings. The molecule has 0 spiro atoms. The van der Waals surface area contributed by atoms with E-state index in [-0.39, 0.29) is 11.7 Å². The highest BCUT2D eigenvalue weighted by Crippen LogP contribution is 2.29. The summed E-state index contributed by atoms with van der Waals surface area (Å²) >= 11 is 0. The van der Waals surface area contributed by atoms with Crippen molar-refractivity contribution in [1.82, 2.24) is 4.90 Å². The number of hydrogen-bond donors (Lipinski definition) is 0. The Hall–Kier alpha value is -1.38. The van der Waals surface area contributed by atoms with Crippen molar-refractivity contribution >= 4 is 5.91 Å². The molecular formula is C15H20FNO. The van der Waals surface area contributed by atoms with Crippen LogP contribution in [0.15, 0.2) is 18.2 Å². The number of unbranched alkanes of at least 4 members (excludes halogenated alkanes) is 1. The summed E-state index contributed by atoms with van der Waals surface area (Å²) in [7, 11) is 0. The highest BCUT2D eigenvalue weighted by molar-refractivity contribution is 5.96. The number of hydrogen-bond acceptors (Lipinski definition) is 1. The van der Waals surface area contributed by atoms with Gasteiger partial charge in [0.1, 0.15) is 5.82 Å². The van der Waals surface area contributed by atoms with Gasteiger partial charge in [0.15, 0.2) is 0 Å². The summed E-state index contributed by atoms with van der Waals surface area (Å²) in [5.74, 6) is -0.223.